The van der Waals surface area contributed by atoms with Crippen LogP contribution in [0.15, 0.2) is 0 Å². The molecule has 0 saturated heterocycles. The summed E-state index contributed by atoms with van der Waals surface area (Å²) in [5.41, 5.74) is 6.64. The normalized spacial score (nSPS) is 10.5. The van der Waals surface area contributed by atoms with Crippen molar-refractivity contribution < 1.29 is 9.84 Å². The number of hydrogen-bond acceptors (Lipinski definition) is 6. The highest BCUT2D eigenvalue weighted by atomic mass is 16.5. The van der Waals surface area contributed by atoms with Crippen molar-refractivity contribution in [1.29, 1.82) is 0 Å². The van der Waals surface area contributed by atoms with Gasteiger partial charge in [-0.1, -0.05) is 6.92 Å². The fraction of sp³-hybridized carbons (Fsp3) is 0.636. The zero-order valence-corrected chi connectivity index (χ0v) is 10.4. The summed E-state index contributed by atoms with van der Waals surface area (Å²) in [7, 11) is 0. The van der Waals surface area contributed by atoms with Gasteiger partial charge in [-0.3, -0.25) is 0 Å². The van der Waals surface area contributed by atoms with Crippen molar-refractivity contribution >= 4 is 11.6 Å². The number of nitrogens with one attached hydrogen (secondary N) is 1. The molecule has 0 radical (unpaired) electrons. The Morgan fingerprint density at radius 3 is 2.76 bits per heavy atom. The Bertz CT molecular complexity index is 358. The Hall–Kier alpha value is -1.40. The first-order chi connectivity index (χ1) is 8.19. The maximum absolute atomic E-state index is 8.55. The number of ether oxygens (including phenoxy) is 1. The van der Waals surface area contributed by atoms with Crippen molar-refractivity contribution in [3.8, 4) is 0 Å². The molecule has 1 heterocycles. The van der Waals surface area contributed by atoms with Crippen molar-refractivity contribution in [3.63, 3.8) is 0 Å². The highest BCUT2D eigenvalue weighted by molar-refractivity contribution is 5.54. The van der Waals surface area contributed by atoms with Crippen molar-refractivity contribution in [2.45, 2.75) is 20.3 Å². The van der Waals surface area contributed by atoms with Crippen LogP contribution in [0.25, 0.3) is 0 Å². The van der Waals surface area contributed by atoms with Gasteiger partial charge in [-0.05, 0) is 6.92 Å². The predicted octanol–water partition coefficient (Wildman–Crippen LogP) is 0.350. The van der Waals surface area contributed by atoms with Crippen molar-refractivity contribution in [2.24, 2.45) is 0 Å². The number of nitrogens with two attached hydrogens (primary N) is 1. The molecule has 0 aromatic carbocycles. The highest BCUT2D eigenvalue weighted by Crippen LogP contribution is 2.16. The molecule has 0 bridgehead atoms. The average Bonchev–Trinajstić information content (AvgIpc) is 2.33. The largest absolute Gasteiger partial charge is 0.394 e. The smallest absolute Gasteiger partial charge is 0.134 e. The number of aryl methyl sites for hydroxylation is 1. The average molecular weight is 240 g/mol. The fourth-order valence-corrected chi connectivity index (χ4v) is 1.32. The van der Waals surface area contributed by atoms with E-state index in [-0.39, 0.29) is 6.61 Å². The van der Waals surface area contributed by atoms with Crippen LogP contribution in [0.5, 0.6) is 0 Å². The van der Waals surface area contributed by atoms with E-state index in [0.717, 1.165) is 23.6 Å². The van der Waals surface area contributed by atoms with Gasteiger partial charge in [0.1, 0.15) is 17.5 Å². The molecule has 0 spiro atoms. The molecule has 6 nitrogen and oxygen atoms in total. The van der Waals surface area contributed by atoms with E-state index >= 15 is 0 Å². The standard InChI is InChI=1S/C11H20N4O2/c1-3-9-14-10(12)8(2)11(15-9)13-4-6-17-7-5-16/h16H,3-7H2,1-2H3,(H3,12,13,14,15). The molecule has 0 unspecified atom stereocenters. The van der Waals surface area contributed by atoms with E-state index in [2.05, 4.69) is 15.3 Å². The van der Waals surface area contributed by atoms with E-state index in [9.17, 15) is 0 Å². The summed E-state index contributed by atoms with van der Waals surface area (Å²) in [5, 5.41) is 11.7. The number of hydrogen-bond donors (Lipinski definition) is 3. The first kappa shape index (κ1) is 13.7. The van der Waals surface area contributed by atoms with Crippen LogP contribution in [0, 0.1) is 6.92 Å². The summed E-state index contributed by atoms with van der Waals surface area (Å²) in [6.07, 6.45) is 0.750. The number of rotatable bonds is 7. The predicted molar refractivity (Wildman–Crippen MR) is 67.0 cm³/mol. The maximum atomic E-state index is 8.55. The second-order valence-corrected chi connectivity index (χ2v) is 3.61. The van der Waals surface area contributed by atoms with Gasteiger partial charge in [0.2, 0.25) is 0 Å². The molecule has 0 saturated carbocycles. The van der Waals surface area contributed by atoms with E-state index in [0.29, 0.717) is 25.6 Å². The molecule has 0 atom stereocenters. The molecular formula is C11H20N4O2. The lowest BCUT2D eigenvalue weighted by molar-refractivity contribution is 0.0992. The van der Waals surface area contributed by atoms with E-state index in [1.165, 1.54) is 0 Å². The van der Waals surface area contributed by atoms with Gasteiger partial charge in [-0.25, -0.2) is 9.97 Å². The van der Waals surface area contributed by atoms with Crippen LogP contribution >= 0.6 is 0 Å². The van der Waals surface area contributed by atoms with Crippen molar-refractivity contribution in [1.82, 2.24) is 9.97 Å². The molecule has 96 valence electrons. The SMILES string of the molecule is CCc1nc(N)c(C)c(NCCOCCO)n1. The molecule has 4 N–H and O–H groups in total. The first-order valence-corrected chi connectivity index (χ1v) is 5.74. The molecule has 0 aliphatic heterocycles. The second kappa shape index (κ2) is 7.03. The van der Waals surface area contributed by atoms with Crippen molar-refractivity contribution in [2.75, 3.05) is 37.4 Å². The first-order valence-electron chi connectivity index (χ1n) is 5.74. The summed E-state index contributed by atoms with van der Waals surface area (Å²) < 4.78 is 5.14. The van der Waals surface area contributed by atoms with Crippen LogP contribution in [0.4, 0.5) is 11.6 Å². The number of nitrogens with zero attached hydrogens (tertiary/aromatic N) is 2. The Kier molecular flexibility index (Phi) is 5.65. The Morgan fingerprint density at radius 2 is 2.12 bits per heavy atom. The molecular weight excluding hydrogens is 220 g/mol. The third kappa shape index (κ3) is 4.16. The topological polar surface area (TPSA) is 93.3 Å². The Balaban J connectivity index is 2.54. The summed E-state index contributed by atoms with van der Waals surface area (Å²) in [4.78, 5) is 8.53. The quantitative estimate of drug-likeness (QED) is 0.595. The van der Waals surface area contributed by atoms with Crippen LogP contribution in [0.1, 0.15) is 18.3 Å². The molecule has 0 amide bonds. The number of anilines is 2. The molecule has 0 fully saturated rings. The molecule has 0 aliphatic carbocycles. The third-order valence-corrected chi connectivity index (χ3v) is 2.32. The Morgan fingerprint density at radius 1 is 1.35 bits per heavy atom. The molecule has 0 aliphatic rings. The second-order valence-electron chi connectivity index (χ2n) is 3.61. The number of aliphatic hydroxyl groups is 1. The van der Waals surface area contributed by atoms with Crippen LogP contribution in [0.2, 0.25) is 0 Å². The minimum atomic E-state index is 0.0411. The third-order valence-electron chi connectivity index (χ3n) is 2.32. The lowest BCUT2D eigenvalue weighted by atomic mass is 10.3. The molecule has 1 rings (SSSR count). The molecule has 17 heavy (non-hydrogen) atoms. The van der Waals surface area contributed by atoms with Gasteiger partial charge in [-0.15, -0.1) is 0 Å². The number of aromatic nitrogens is 2. The molecule has 6 heteroatoms. The van der Waals surface area contributed by atoms with E-state index < -0.39 is 0 Å². The summed E-state index contributed by atoms with van der Waals surface area (Å²) in [5.74, 6) is 1.99. The van der Waals surface area contributed by atoms with Gasteiger partial charge >= 0.3 is 0 Å². The summed E-state index contributed by atoms with van der Waals surface area (Å²) >= 11 is 0. The Labute approximate surface area is 101 Å². The van der Waals surface area contributed by atoms with Gasteiger partial charge < -0.3 is 20.9 Å². The maximum Gasteiger partial charge on any atom is 0.134 e. The zero-order chi connectivity index (χ0) is 12.7. The summed E-state index contributed by atoms with van der Waals surface area (Å²) in [6.45, 7) is 5.40. The number of nitrogen functional groups attached to an aromatic ring is 1. The van der Waals surface area contributed by atoms with Gasteiger partial charge in [-0.2, -0.15) is 0 Å². The minimum absolute atomic E-state index is 0.0411. The van der Waals surface area contributed by atoms with E-state index in [1.54, 1.807) is 0 Å². The number of aliphatic hydroxyl groups excluding tert-OH is 1. The van der Waals surface area contributed by atoms with Gasteiger partial charge in [0.05, 0.1) is 19.8 Å². The highest BCUT2D eigenvalue weighted by Gasteiger charge is 2.06. The van der Waals surface area contributed by atoms with E-state index in [1.807, 2.05) is 13.8 Å². The fourth-order valence-electron chi connectivity index (χ4n) is 1.32. The monoisotopic (exact) mass is 240 g/mol. The van der Waals surface area contributed by atoms with Gasteiger partial charge in [0, 0.05) is 18.5 Å². The van der Waals surface area contributed by atoms with Crippen molar-refractivity contribution in [3.05, 3.63) is 11.4 Å². The van der Waals surface area contributed by atoms with Crippen LogP contribution in [-0.2, 0) is 11.2 Å². The summed E-state index contributed by atoms with van der Waals surface area (Å²) in [6, 6.07) is 0. The minimum Gasteiger partial charge on any atom is -0.394 e. The zero-order valence-electron chi connectivity index (χ0n) is 10.4. The van der Waals surface area contributed by atoms with E-state index in [4.69, 9.17) is 15.6 Å². The van der Waals surface area contributed by atoms with Gasteiger partial charge in [0.15, 0.2) is 0 Å². The molecule has 1 aromatic rings. The lowest BCUT2D eigenvalue weighted by Crippen LogP contribution is -2.14. The van der Waals surface area contributed by atoms with Crippen LogP contribution in [0.3, 0.4) is 0 Å². The van der Waals surface area contributed by atoms with Crippen LogP contribution in [-0.4, -0.2) is 41.4 Å². The molecule has 1 aromatic heterocycles. The van der Waals surface area contributed by atoms with Crippen LogP contribution < -0.4 is 11.1 Å². The van der Waals surface area contributed by atoms with Gasteiger partial charge in [0.25, 0.3) is 0 Å². The lowest BCUT2D eigenvalue weighted by Gasteiger charge is -2.11.